The average molecular weight is 550 g/mol. The van der Waals surface area contributed by atoms with E-state index in [9.17, 15) is 9.90 Å². The number of aliphatic carboxylic acids is 1. The summed E-state index contributed by atoms with van der Waals surface area (Å²) in [7, 11) is 3.08. The van der Waals surface area contributed by atoms with Crippen molar-refractivity contribution in [2.75, 3.05) is 14.2 Å². The Balaban J connectivity index is 0.00000193. The molecule has 0 aliphatic carbocycles. The molecular weight excluding hydrogens is 530 g/mol. The van der Waals surface area contributed by atoms with E-state index in [1.807, 2.05) is 6.20 Å². The first-order valence-electron chi connectivity index (χ1n) is 9.23. The fourth-order valence-electron chi connectivity index (χ4n) is 3.72. The number of carbonyl (C=O) groups is 1. The van der Waals surface area contributed by atoms with Crippen molar-refractivity contribution in [3.05, 3.63) is 75.0 Å². The molecular formula is C22H20Cl4N2O4S. The van der Waals surface area contributed by atoms with E-state index in [-0.39, 0.29) is 30.4 Å². The van der Waals surface area contributed by atoms with Gasteiger partial charge in [-0.15, -0.1) is 24.8 Å². The molecule has 0 radical (unpaired) electrons. The minimum absolute atomic E-state index is 0. The minimum atomic E-state index is -1.07. The molecule has 6 nitrogen and oxygen atoms in total. The van der Waals surface area contributed by atoms with Crippen LogP contribution in [0.2, 0.25) is 10.0 Å². The lowest BCUT2D eigenvalue weighted by atomic mass is 9.93. The number of rotatable bonds is 5. The first-order valence-corrected chi connectivity index (χ1v) is 10.8. The predicted octanol–water partition coefficient (Wildman–Crippen LogP) is 6.67. The average Bonchev–Trinajstić information content (AvgIpc) is 3.14. The molecule has 11 heteroatoms. The first kappa shape index (κ1) is 27.2. The minimum Gasteiger partial charge on any atom is -0.496 e. The summed E-state index contributed by atoms with van der Waals surface area (Å²) in [6.45, 7) is 1.68. The number of thioether (sulfide) groups is 1. The highest BCUT2D eigenvalue weighted by molar-refractivity contribution is 8.22. The van der Waals surface area contributed by atoms with Crippen LogP contribution in [0.3, 0.4) is 0 Å². The van der Waals surface area contributed by atoms with Gasteiger partial charge in [-0.05, 0) is 43.0 Å². The summed E-state index contributed by atoms with van der Waals surface area (Å²) < 4.78 is 11.1. The molecule has 1 unspecified atom stereocenters. The molecule has 0 fully saturated rings. The van der Waals surface area contributed by atoms with Crippen LogP contribution in [0.1, 0.15) is 24.1 Å². The lowest BCUT2D eigenvalue weighted by Crippen LogP contribution is -2.34. The summed E-state index contributed by atoms with van der Waals surface area (Å²) in [5.41, 5.74) is 1.81. The Labute approximate surface area is 218 Å². The number of benzene rings is 2. The molecule has 0 saturated carbocycles. The number of amidine groups is 1. The number of methoxy groups -OCH3 is 2. The highest BCUT2D eigenvalue weighted by atomic mass is 35.5. The van der Waals surface area contributed by atoms with E-state index < -0.39 is 12.0 Å². The maximum absolute atomic E-state index is 12.3. The molecule has 33 heavy (non-hydrogen) atoms. The van der Waals surface area contributed by atoms with Crippen LogP contribution < -0.4 is 9.47 Å². The van der Waals surface area contributed by atoms with Gasteiger partial charge in [0.1, 0.15) is 17.5 Å². The van der Waals surface area contributed by atoms with Gasteiger partial charge in [-0.1, -0.05) is 35.3 Å². The number of fused-ring (bicyclic) bond motifs is 1. The zero-order chi connectivity index (χ0) is 22.3. The van der Waals surface area contributed by atoms with Crippen molar-refractivity contribution in [3.8, 4) is 11.5 Å². The lowest BCUT2D eigenvalue weighted by Gasteiger charge is -2.34. The third-order valence-electron chi connectivity index (χ3n) is 5.06. The van der Waals surface area contributed by atoms with Crippen molar-refractivity contribution in [1.82, 2.24) is 4.90 Å². The van der Waals surface area contributed by atoms with Gasteiger partial charge in [-0.2, -0.15) is 0 Å². The number of halogens is 4. The molecule has 0 amide bonds. The Hall–Kier alpha value is -2.03. The van der Waals surface area contributed by atoms with Crippen LogP contribution in [0.25, 0.3) is 4.91 Å². The van der Waals surface area contributed by atoms with Crippen molar-refractivity contribution in [2.45, 2.75) is 13.0 Å². The molecule has 2 aliphatic rings. The Morgan fingerprint density at radius 1 is 1.06 bits per heavy atom. The maximum atomic E-state index is 12.3. The van der Waals surface area contributed by atoms with Crippen LogP contribution in [-0.4, -0.2) is 35.4 Å². The maximum Gasteiger partial charge on any atom is 0.335 e. The van der Waals surface area contributed by atoms with Crippen LogP contribution in [0, 0.1) is 0 Å². The van der Waals surface area contributed by atoms with E-state index in [2.05, 4.69) is 4.99 Å². The number of hydrogen-bond donors (Lipinski definition) is 1. The molecule has 0 aromatic heterocycles. The van der Waals surface area contributed by atoms with Crippen LogP contribution in [0.5, 0.6) is 11.5 Å². The fourth-order valence-corrected chi connectivity index (χ4v) is 5.56. The number of aliphatic imine (C=N–C) groups is 1. The number of nitrogens with zero attached hydrogens (tertiary/aromatic N) is 2. The molecule has 1 atom stereocenters. The van der Waals surface area contributed by atoms with Crippen LogP contribution >= 0.6 is 59.8 Å². The Bertz CT molecular complexity index is 1140. The molecule has 0 bridgehead atoms. The van der Waals surface area contributed by atoms with Gasteiger partial charge in [0.15, 0.2) is 5.17 Å². The molecule has 4 rings (SSSR count). The van der Waals surface area contributed by atoms with Gasteiger partial charge in [0.05, 0.1) is 41.1 Å². The van der Waals surface area contributed by atoms with E-state index >= 15 is 0 Å². The molecule has 176 valence electrons. The fraction of sp³-hybridized carbons (Fsp3) is 0.182. The number of allylic oxidation sites excluding steroid dienone is 1. The molecule has 2 aliphatic heterocycles. The summed E-state index contributed by atoms with van der Waals surface area (Å²) in [6.07, 6.45) is 1.82. The van der Waals surface area contributed by atoms with Crippen molar-refractivity contribution >= 4 is 75.8 Å². The van der Waals surface area contributed by atoms with E-state index in [1.54, 1.807) is 48.2 Å². The number of ether oxygens (including phenoxy) is 2. The number of carboxylic acids is 1. The Kier molecular flexibility index (Phi) is 9.01. The van der Waals surface area contributed by atoms with E-state index in [4.69, 9.17) is 32.7 Å². The summed E-state index contributed by atoms with van der Waals surface area (Å²) >= 11 is 14.2. The Morgan fingerprint density at radius 3 is 2.12 bits per heavy atom. The second kappa shape index (κ2) is 10.9. The normalized spacial score (nSPS) is 16.8. The smallest absolute Gasteiger partial charge is 0.335 e. The SMILES string of the molecule is COc1cccc(OC)c1C1C(C(=O)O)=C(C)N=C2SC(c3c(Cl)cccc3Cl)=CN21.Cl.Cl. The molecule has 2 aromatic carbocycles. The third-order valence-corrected chi connectivity index (χ3v) is 6.71. The van der Waals surface area contributed by atoms with Gasteiger partial charge in [0.25, 0.3) is 0 Å². The van der Waals surface area contributed by atoms with Gasteiger partial charge in [0.2, 0.25) is 0 Å². The van der Waals surface area contributed by atoms with E-state index in [1.165, 1.54) is 26.0 Å². The van der Waals surface area contributed by atoms with Crippen molar-refractivity contribution < 1.29 is 19.4 Å². The summed E-state index contributed by atoms with van der Waals surface area (Å²) in [5, 5.41) is 11.7. The van der Waals surface area contributed by atoms with E-state index in [0.717, 1.165) is 4.91 Å². The monoisotopic (exact) mass is 548 g/mol. The predicted molar refractivity (Wildman–Crippen MR) is 138 cm³/mol. The molecule has 1 N–H and O–H groups in total. The largest absolute Gasteiger partial charge is 0.496 e. The van der Waals surface area contributed by atoms with E-state index in [0.29, 0.717) is 43.5 Å². The zero-order valence-corrected chi connectivity index (χ0v) is 21.6. The van der Waals surface area contributed by atoms with Gasteiger partial charge in [-0.3, -0.25) is 0 Å². The second-order valence-corrected chi connectivity index (χ2v) is 8.60. The highest BCUT2D eigenvalue weighted by Crippen LogP contribution is 2.51. The van der Waals surface area contributed by atoms with Crippen molar-refractivity contribution in [2.24, 2.45) is 4.99 Å². The van der Waals surface area contributed by atoms with Gasteiger partial charge < -0.3 is 19.5 Å². The topological polar surface area (TPSA) is 71.4 Å². The number of hydrogen-bond acceptors (Lipinski definition) is 6. The standard InChI is InChI=1S/C22H18Cl2N2O4S.2ClH/c1-11-17(21(27)28)20(19-14(29-2)8-5-9-15(19)30-3)26-10-16(31-22(26)25-11)18-12(23)6-4-7-13(18)24;;/h4-10,20H,1-3H3,(H,27,28);2*1H. The summed E-state index contributed by atoms with van der Waals surface area (Å²) in [6, 6.07) is 9.91. The molecule has 0 saturated heterocycles. The number of carboxylic acid groups (broad SMARTS) is 1. The first-order chi connectivity index (χ1) is 14.9. The highest BCUT2D eigenvalue weighted by Gasteiger charge is 2.42. The molecule has 0 spiro atoms. The lowest BCUT2D eigenvalue weighted by molar-refractivity contribution is -0.133. The summed E-state index contributed by atoms with van der Waals surface area (Å²) in [4.78, 5) is 19.4. The summed E-state index contributed by atoms with van der Waals surface area (Å²) in [5.74, 6) is -0.0413. The van der Waals surface area contributed by atoms with Gasteiger partial charge in [-0.25, -0.2) is 9.79 Å². The molecule has 2 heterocycles. The van der Waals surface area contributed by atoms with Crippen molar-refractivity contribution in [3.63, 3.8) is 0 Å². The Morgan fingerprint density at radius 2 is 1.61 bits per heavy atom. The van der Waals surface area contributed by atoms with Gasteiger partial charge >= 0.3 is 5.97 Å². The van der Waals surface area contributed by atoms with Crippen molar-refractivity contribution in [1.29, 1.82) is 0 Å². The van der Waals surface area contributed by atoms with Crippen LogP contribution in [0.15, 0.2) is 58.9 Å². The molecule has 2 aromatic rings. The van der Waals surface area contributed by atoms with Gasteiger partial charge in [0, 0.05) is 16.7 Å². The van der Waals surface area contributed by atoms with Crippen LogP contribution in [0.4, 0.5) is 0 Å². The second-order valence-electron chi connectivity index (χ2n) is 6.78. The zero-order valence-electron chi connectivity index (χ0n) is 17.7. The van der Waals surface area contributed by atoms with Crippen LogP contribution in [-0.2, 0) is 4.79 Å². The third kappa shape index (κ3) is 4.79. The quantitative estimate of drug-likeness (QED) is 0.449.